The van der Waals surface area contributed by atoms with Gasteiger partial charge in [-0.25, -0.2) is 0 Å². The van der Waals surface area contributed by atoms with Gasteiger partial charge in [0.25, 0.3) is 5.91 Å². The predicted molar refractivity (Wildman–Crippen MR) is 76.8 cm³/mol. The van der Waals surface area contributed by atoms with E-state index < -0.39 is 0 Å². The van der Waals surface area contributed by atoms with Crippen LogP contribution in [0.25, 0.3) is 5.70 Å². The fraction of sp³-hybridized carbons (Fsp3) is 0.0588. The van der Waals surface area contributed by atoms with Crippen molar-refractivity contribution in [2.24, 2.45) is 0 Å². The molecule has 3 nitrogen and oxygen atoms in total. The summed E-state index contributed by atoms with van der Waals surface area (Å²) >= 11 is 0. The van der Waals surface area contributed by atoms with Gasteiger partial charge >= 0.3 is 0 Å². The fourth-order valence-electron chi connectivity index (χ4n) is 2.46. The van der Waals surface area contributed by atoms with E-state index in [9.17, 15) is 9.59 Å². The molecule has 20 heavy (non-hydrogen) atoms. The van der Waals surface area contributed by atoms with Gasteiger partial charge in [-0.2, -0.15) is 0 Å². The first-order valence-electron chi connectivity index (χ1n) is 6.42. The SMILES string of the molecule is O=C/C=C1\c2ccccc2C(=O)N1Cc1ccccc1. The number of hydrogen-bond donors (Lipinski definition) is 0. The van der Waals surface area contributed by atoms with Gasteiger partial charge in [-0.1, -0.05) is 48.5 Å². The van der Waals surface area contributed by atoms with Gasteiger partial charge in [-0.15, -0.1) is 0 Å². The molecule has 2 aromatic rings. The summed E-state index contributed by atoms with van der Waals surface area (Å²) in [5.41, 5.74) is 3.17. The number of aldehydes is 1. The Morgan fingerprint density at radius 1 is 0.900 bits per heavy atom. The highest BCUT2D eigenvalue weighted by Gasteiger charge is 2.31. The molecule has 0 bridgehead atoms. The molecule has 1 aliphatic rings. The summed E-state index contributed by atoms with van der Waals surface area (Å²) in [5.74, 6) is -0.0578. The van der Waals surface area contributed by atoms with Gasteiger partial charge in [-0.05, 0) is 11.6 Å². The first-order valence-corrected chi connectivity index (χ1v) is 6.42. The Morgan fingerprint density at radius 2 is 1.55 bits per heavy atom. The molecule has 1 aliphatic heterocycles. The molecule has 0 radical (unpaired) electrons. The number of benzene rings is 2. The Balaban J connectivity index is 2.01. The lowest BCUT2D eigenvalue weighted by atomic mass is 10.1. The molecule has 1 amide bonds. The third kappa shape index (κ3) is 2.03. The zero-order valence-corrected chi connectivity index (χ0v) is 10.8. The number of carbonyl (C=O) groups excluding carboxylic acids is 2. The number of fused-ring (bicyclic) bond motifs is 1. The van der Waals surface area contributed by atoms with E-state index in [4.69, 9.17) is 0 Å². The molecule has 0 N–H and O–H groups in total. The Labute approximate surface area is 117 Å². The van der Waals surface area contributed by atoms with Gasteiger partial charge in [0.2, 0.25) is 0 Å². The van der Waals surface area contributed by atoms with Crippen LogP contribution in [0.3, 0.4) is 0 Å². The summed E-state index contributed by atoms with van der Waals surface area (Å²) in [6, 6.07) is 17.1. The van der Waals surface area contributed by atoms with E-state index in [1.54, 1.807) is 11.0 Å². The minimum Gasteiger partial charge on any atom is -0.303 e. The number of allylic oxidation sites excluding steroid dienone is 1. The lowest BCUT2D eigenvalue weighted by molar-refractivity contribution is -0.104. The number of rotatable bonds is 3. The van der Waals surface area contributed by atoms with Gasteiger partial charge in [-0.3, -0.25) is 9.59 Å². The van der Waals surface area contributed by atoms with E-state index in [0.29, 0.717) is 17.8 Å². The molecule has 0 saturated carbocycles. The second-order valence-electron chi connectivity index (χ2n) is 4.61. The topological polar surface area (TPSA) is 37.4 Å². The van der Waals surface area contributed by atoms with E-state index in [2.05, 4.69) is 0 Å². The van der Waals surface area contributed by atoms with Crippen molar-refractivity contribution in [2.45, 2.75) is 6.54 Å². The molecule has 3 heteroatoms. The summed E-state index contributed by atoms with van der Waals surface area (Å²) in [6.45, 7) is 0.466. The van der Waals surface area contributed by atoms with Gasteiger partial charge in [0.1, 0.15) is 6.29 Å². The number of carbonyl (C=O) groups is 2. The van der Waals surface area contributed by atoms with Crippen molar-refractivity contribution >= 4 is 17.9 Å². The minimum atomic E-state index is -0.0578. The van der Waals surface area contributed by atoms with Crippen LogP contribution in [0.1, 0.15) is 21.5 Å². The zero-order valence-electron chi connectivity index (χ0n) is 10.8. The standard InChI is InChI=1S/C17H13NO2/c19-11-10-16-14-8-4-5-9-15(14)17(20)18(16)12-13-6-2-1-3-7-13/h1-11H,12H2/b16-10+. The number of hydrogen-bond acceptors (Lipinski definition) is 2. The minimum absolute atomic E-state index is 0.0578. The maximum atomic E-state index is 12.5. The van der Waals surface area contributed by atoms with Crippen molar-refractivity contribution in [1.82, 2.24) is 4.90 Å². The summed E-state index contributed by atoms with van der Waals surface area (Å²) in [7, 11) is 0. The number of nitrogens with zero attached hydrogens (tertiary/aromatic N) is 1. The lowest BCUT2D eigenvalue weighted by Gasteiger charge is -2.18. The molecule has 0 aliphatic carbocycles. The highest BCUT2D eigenvalue weighted by Crippen LogP contribution is 2.33. The third-order valence-electron chi connectivity index (χ3n) is 3.38. The molecule has 0 unspecified atom stereocenters. The molecular weight excluding hydrogens is 250 g/mol. The smallest absolute Gasteiger partial charge is 0.259 e. The summed E-state index contributed by atoms with van der Waals surface area (Å²) in [5, 5.41) is 0. The average Bonchev–Trinajstić information content (AvgIpc) is 2.75. The van der Waals surface area contributed by atoms with Crippen molar-refractivity contribution in [1.29, 1.82) is 0 Å². The van der Waals surface area contributed by atoms with Crippen LogP contribution in [0.2, 0.25) is 0 Å². The maximum Gasteiger partial charge on any atom is 0.259 e. The summed E-state index contributed by atoms with van der Waals surface area (Å²) in [6.07, 6.45) is 2.18. The van der Waals surface area contributed by atoms with Crippen molar-refractivity contribution < 1.29 is 9.59 Å². The largest absolute Gasteiger partial charge is 0.303 e. The predicted octanol–water partition coefficient (Wildman–Crippen LogP) is 2.88. The molecule has 1 heterocycles. The molecule has 98 valence electrons. The summed E-state index contributed by atoms with van der Waals surface area (Å²) in [4.78, 5) is 25.0. The van der Waals surface area contributed by atoms with Crippen LogP contribution < -0.4 is 0 Å². The third-order valence-corrected chi connectivity index (χ3v) is 3.38. The second kappa shape index (κ2) is 5.13. The van der Waals surface area contributed by atoms with Crippen LogP contribution in [0.5, 0.6) is 0 Å². The van der Waals surface area contributed by atoms with Crippen LogP contribution in [0.15, 0.2) is 60.7 Å². The van der Waals surface area contributed by atoms with Gasteiger partial charge < -0.3 is 4.90 Å². The molecule has 0 atom stereocenters. The normalized spacial score (nSPS) is 15.5. The maximum absolute atomic E-state index is 12.5. The molecular formula is C17H13NO2. The van der Waals surface area contributed by atoms with Gasteiger partial charge in [0.15, 0.2) is 0 Å². The van der Waals surface area contributed by atoms with E-state index in [1.807, 2.05) is 48.5 Å². The van der Waals surface area contributed by atoms with Crippen LogP contribution >= 0.6 is 0 Å². The van der Waals surface area contributed by atoms with E-state index in [1.165, 1.54) is 6.08 Å². The van der Waals surface area contributed by atoms with E-state index in [-0.39, 0.29) is 5.91 Å². The highest BCUT2D eigenvalue weighted by molar-refractivity contribution is 6.10. The van der Waals surface area contributed by atoms with Crippen LogP contribution in [0, 0.1) is 0 Å². The number of amides is 1. The Hall–Kier alpha value is -2.68. The second-order valence-corrected chi connectivity index (χ2v) is 4.61. The van der Waals surface area contributed by atoms with Crippen molar-refractivity contribution in [3.05, 3.63) is 77.4 Å². The van der Waals surface area contributed by atoms with Crippen LogP contribution in [-0.2, 0) is 11.3 Å². The average molecular weight is 263 g/mol. The van der Waals surface area contributed by atoms with Gasteiger partial charge in [0, 0.05) is 17.2 Å². The van der Waals surface area contributed by atoms with Crippen molar-refractivity contribution in [3.63, 3.8) is 0 Å². The quantitative estimate of drug-likeness (QED) is 0.630. The zero-order chi connectivity index (χ0) is 13.9. The molecule has 0 saturated heterocycles. The highest BCUT2D eigenvalue weighted by atomic mass is 16.2. The fourth-order valence-corrected chi connectivity index (χ4v) is 2.46. The molecule has 3 rings (SSSR count). The van der Waals surface area contributed by atoms with E-state index >= 15 is 0 Å². The van der Waals surface area contributed by atoms with Gasteiger partial charge in [0.05, 0.1) is 12.2 Å². The summed E-state index contributed by atoms with van der Waals surface area (Å²) < 4.78 is 0. The molecule has 0 aromatic heterocycles. The Kier molecular flexibility index (Phi) is 3.17. The van der Waals surface area contributed by atoms with Crippen LogP contribution in [0.4, 0.5) is 0 Å². The Morgan fingerprint density at radius 3 is 2.25 bits per heavy atom. The molecule has 0 spiro atoms. The first kappa shape index (κ1) is 12.4. The van der Waals surface area contributed by atoms with Crippen LogP contribution in [-0.4, -0.2) is 17.1 Å². The van der Waals surface area contributed by atoms with Crippen molar-refractivity contribution in [2.75, 3.05) is 0 Å². The Bertz CT molecular complexity index is 689. The first-order chi connectivity index (χ1) is 9.81. The van der Waals surface area contributed by atoms with Crippen molar-refractivity contribution in [3.8, 4) is 0 Å². The monoisotopic (exact) mass is 263 g/mol. The lowest BCUT2D eigenvalue weighted by Crippen LogP contribution is -2.22. The molecule has 0 fully saturated rings. The molecule has 2 aromatic carbocycles. The van der Waals surface area contributed by atoms with E-state index in [0.717, 1.165) is 17.4 Å².